The van der Waals surface area contributed by atoms with Crippen LogP contribution in [0.1, 0.15) is 13.3 Å². The maximum Gasteiger partial charge on any atom is 0.221 e. The number of anilines is 1. The lowest BCUT2D eigenvalue weighted by Crippen LogP contribution is -2.42. The predicted molar refractivity (Wildman–Crippen MR) is 115 cm³/mol. The van der Waals surface area contributed by atoms with Crippen LogP contribution in [0.5, 0.6) is 5.75 Å². The molecule has 0 bridgehead atoms. The van der Waals surface area contributed by atoms with Gasteiger partial charge in [-0.15, -0.1) is 24.0 Å². The van der Waals surface area contributed by atoms with Gasteiger partial charge in [-0.05, 0) is 18.6 Å². The molecule has 1 aromatic carbocycles. The van der Waals surface area contributed by atoms with Gasteiger partial charge in [0.25, 0.3) is 0 Å². The van der Waals surface area contributed by atoms with Crippen LogP contribution in [0.3, 0.4) is 0 Å². The summed E-state index contributed by atoms with van der Waals surface area (Å²) in [4.78, 5) is 17.5. The molecule has 26 heavy (non-hydrogen) atoms. The normalized spacial score (nSPS) is 16.6. The third-order valence-electron chi connectivity index (χ3n) is 3.94. The zero-order chi connectivity index (χ0) is 18.1. The molecule has 8 heteroatoms. The quantitative estimate of drug-likeness (QED) is 0.273. The molecular formula is C18H29IN4O3. The SMILES string of the molecule is CN=C(NCCOc1cccc(NC(C)=O)c1)N(C)CC1CCOC1.I. The highest BCUT2D eigenvalue weighted by molar-refractivity contribution is 14.0. The number of nitrogens with one attached hydrogen (secondary N) is 2. The van der Waals surface area contributed by atoms with Gasteiger partial charge in [-0.3, -0.25) is 9.79 Å². The van der Waals surface area contributed by atoms with E-state index in [9.17, 15) is 4.79 Å². The first-order chi connectivity index (χ1) is 12.1. The Hall–Kier alpha value is -1.55. The van der Waals surface area contributed by atoms with E-state index in [2.05, 4.69) is 20.5 Å². The van der Waals surface area contributed by atoms with Gasteiger partial charge in [-0.1, -0.05) is 6.07 Å². The Labute approximate surface area is 172 Å². The van der Waals surface area contributed by atoms with Crippen molar-refractivity contribution in [2.75, 3.05) is 52.3 Å². The van der Waals surface area contributed by atoms with Gasteiger partial charge in [0.2, 0.25) is 5.91 Å². The average molecular weight is 476 g/mol. The second-order valence-electron chi connectivity index (χ2n) is 6.14. The Kier molecular flexibility index (Phi) is 10.3. The smallest absolute Gasteiger partial charge is 0.221 e. The average Bonchev–Trinajstić information content (AvgIpc) is 3.07. The molecule has 0 saturated carbocycles. The lowest BCUT2D eigenvalue weighted by Gasteiger charge is -2.24. The van der Waals surface area contributed by atoms with Crippen molar-refractivity contribution >= 4 is 41.5 Å². The molecule has 1 aliphatic heterocycles. The third kappa shape index (κ3) is 7.77. The van der Waals surface area contributed by atoms with E-state index in [0.29, 0.717) is 19.1 Å². The molecule has 0 aliphatic carbocycles. The molecule has 2 rings (SSSR count). The Morgan fingerprint density at radius 3 is 2.92 bits per heavy atom. The summed E-state index contributed by atoms with van der Waals surface area (Å²) in [7, 11) is 3.81. The fourth-order valence-corrected chi connectivity index (χ4v) is 2.78. The number of benzene rings is 1. The number of aliphatic imine (C=N–C) groups is 1. The molecule has 1 amide bonds. The summed E-state index contributed by atoms with van der Waals surface area (Å²) in [6, 6.07) is 7.36. The molecule has 1 aliphatic rings. The molecular weight excluding hydrogens is 447 g/mol. The van der Waals surface area contributed by atoms with E-state index in [1.807, 2.05) is 31.3 Å². The summed E-state index contributed by atoms with van der Waals surface area (Å²) in [6.07, 6.45) is 1.11. The van der Waals surface area contributed by atoms with E-state index in [4.69, 9.17) is 9.47 Å². The summed E-state index contributed by atoms with van der Waals surface area (Å²) in [5, 5.41) is 6.04. The number of hydrogen-bond acceptors (Lipinski definition) is 4. The minimum Gasteiger partial charge on any atom is -0.492 e. The van der Waals surface area contributed by atoms with Crippen LogP contribution in [-0.4, -0.2) is 63.8 Å². The van der Waals surface area contributed by atoms with Crippen LogP contribution < -0.4 is 15.4 Å². The predicted octanol–water partition coefficient (Wildman–Crippen LogP) is 2.19. The molecule has 1 aromatic rings. The number of hydrogen-bond donors (Lipinski definition) is 2. The van der Waals surface area contributed by atoms with Gasteiger partial charge < -0.3 is 25.0 Å². The van der Waals surface area contributed by atoms with Crippen molar-refractivity contribution in [3.05, 3.63) is 24.3 Å². The van der Waals surface area contributed by atoms with E-state index >= 15 is 0 Å². The van der Waals surface area contributed by atoms with Crippen LogP contribution >= 0.6 is 24.0 Å². The van der Waals surface area contributed by atoms with Crippen molar-refractivity contribution in [1.82, 2.24) is 10.2 Å². The van der Waals surface area contributed by atoms with Crippen LogP contribution in [0.25, 0.3) is 0 Å². The number of rotatable bonds is 7. The Bertz CT molecular complexity index is 592. The number of amides is 1. The van der Waals surface area contributed by atoms with Gasteiger partial charge in [0.05, 0.1) is 13.2 Å². The minimum atomic E-state index is -0.0988. The van der Waals surface area contributed by atoms with Gasteiger partial charge in [0.1, 0.15) is 12.4 Å². The van der Waals surface area contributed by atoms with E-state index in [0.717, 1.165) is 43.6 Å². The molecule has 1 atom stereocenters. The van der Waals surface area contributed by atoms with Crippen LogP contribution in [0.4, 0.5) is 5.69 Å². The van der Waals surface area contributed by atoms with Gasteiger partial charge in [0, 0.05) is 51.8 Å². The zero-order valence-corrected chi connectivity index (χ0v) is 18.0. The largest absolute Gasteiger partial charge is 0.492 e. The summed E-state index contributed by atoms with van der Waals surface area (Å²) in [5.74, 6) is 2.04. The van der Waals surface area contributed by atoms with Gasteiger partial charge in [-0.25, -0.2) is 0 Å². The lowest BCUT2D eigenvalue weighted by atomic mass is 10.1. The highest BCUT2D eigenvalue weighted by atomic mass is 127. The van der Waals surface area contributed by atoms with Crippen molar-refractivity contribution in [3.8, 4) is 5.75 Å². The second kappa shape index (κ2) is 11.9. The first kappa shape index (κ1) is 22.5. The van der Waals surface area contributed by atoms with Crippen molar-refractivity contribution in [3.63, 3.8) is 0 Å². The lowest BCUT2D eigenvalue weighted by molar-refractivity contribution is -0.114. The summed E-state index contributed by atoms with van der Waals surface area (Å²) in [6.45, 7) is 5.24. The summed E-state index contributed by atoms with van der Waals surface area (Å²) in [5.41, 5.74) is 0.729. The Morgan fingerprint density at radius 1 is 1.46 bits per heavy atom. The van der Waals surface area contributed by atoms with Crippen LogP contribution in [0.2, 0.25) is 0 Å². The molecule has 1 unspecified atom stereocenters. The zero-order valence-electron chi connectivity index (χ0n) is 15.7. The molecule has 0 radical (unpaired) electrons. The van der Waals surface area contributed by atoms with Crippen molar-refractivity contribution in [2.24, 2.45) is 10.9 Å². The van der Waals surface area contributed by atoms with E-state index < -0.39 is 0 Å². The maximum absolute atomic E-state index is 11.1. The number of nitrogens with zero attached hydrogens (tertiary/aromatic N) is 2. The standard InChI is InChI=1S/C18H28N4O3.HI/c1-14(23)21-16-5-4-6-17(11-16)25-10-8-20-18(19-2)22(3)12-15-7-9-24-13-15;/h4-6,11,15H,7-10,12-13H2,1-3H3,(H,19,20)(H,21,23);1H. The summed E-state index contributed by atoms with van der Waals surface area (Å²) >= 11 is 0. The molecule has 1 saturated heterocycles. The molecule has 1 heterocycles. The van der Waals surface area contributed by atoms with Crippen LogP contribution in [0, 0.1) is 5.92 Å². The fourth-order valence-electron chi connectivity index (χ4n) is 2.78. The van der Waals surface area contributed by atoms with E-state index in [1.54, 1.807) is 7.05 Å². The van der Waals surface area contributed by atoms with Crippen LogP contribution in [0.15, 0.2) is 29.3 Å². The summed E-state index contributed by atoms with van der Waals surface area (Å²) < 4.78 is 11.1. The monoisotopic (exact) mass is 476 g/mol. The van der Waals surface area contributed by atoms with E-state index in [-0.39, 0.29) is 29.9 Å². The molecule has 146 valence electrons. The molecule has 7 nitrogen and oxygen atoms in total. The fraction of sp³-hybridized carbons (Fsp3) is 0.556. The number of guanidine groups is 1. The van der Waals surface area contributed by atoms with E-state index in [1.165, 1.54) is 6.92 Å². The Balaban J connectivity index is 0.00000338. The number of ether oxygens (including phenoxy) is 2. The number of carbonyl (C=O) groups excluding carboxylic acids is 1. The van der Waals surface area contributed by atoms with Gasteiger partial charge in [-0.2, -0.15) is 0 Å². The topological polar surface area (TPSA) is 75.2 Å². The molecule has 0 aromatic heterocycles. The number of carbonyl (C=O) groups is 1. The van der Waals surface area contributed by atoms with Gasteiger partial charge in [0.15, 0.2) is 5.96 Å². The van der Waals surface area contributed by atoms with Crippen molar-refractivity contribution in [1.29, 1.82) is 0 Å². The first-order valence-electron chi connectivity index (χ1n) is 8.58. The number of halogens is 1. The van der Waals surface area contributed by atoms with Gasteiger partial charge >= 0.3 is 0 Å². The van der Waals surface area contributed by atoms with Crippen molar-refractivity contribution in [2.45, 2.75) is 13.3 Å². The Morgan fingerprint density at radius 2 is 2.27 bits per heavy atom. The molecule has 2 N–H and O–H groups in total. The molecule has 0 spiro atoms. The van der Waals surface area contributed by atoms with Crippen LogP contribution in [-0.2, 0) is 9.53 Å². The first-order valence-corrected chi connectivity index (χ1v) is 8.58. The molecule has 1 fully saturated rings. The second-order valence-corrected chi connectivity index (χ2v) is 6.14. The highest BCUT2D eigenvalue weighted by Gasteiger charge is 2.18. The third-order valence-corrected chi connectivity index (χ3v) is 3.94. The minimum absolute atomic E-state index is 0. The highest BCUT2D eigenvalue weighted by Crippen LogP contribution is 2.17. The van der Waals surface area contributed by atoms with Crippen molar-refractivity contribution < 1.29 is 14.3 Å². The maximum atomic E-state index is 11.1.